The van der Waals surface area contributed by atoms with Crippen LogP contribution in [0.5, 0.6) is 5.75 Å². The molecule has 0 aliphatic carbocycles. The molecule has 3 amide bonds. The van der Waals surface area contributed by atoms with E-state index in [0.717, 1.165) is 30.9 Å². The molecule has 0 unspecified atom stereocenters. The first-order valence-electron chi connectivity index (χ1n) is 11.3. The quantitative estimate of drug-likeness (QED) is 0.619. The van der Waals surface area contributed by atoms with Crippen LogP contribution in [-0.4, -0.2) is 65.5 Å². The number of imide groups is 1. The predicted octanol–water partition coefficient (Wildman–Crippen LogP) is 4.03. The van der Waals surface area contributed by atoms with Crippen LogP contribution in [0.15, 0.2) is 60.7 Å². The van der Waals surface area contributed by atoms with Gasteiger partial charge in [-0.15, -0.1) is 0 Å². The van der Waals surface area contributed by atoms with Crippen molar-refractivity contribution in [1.29, 1.82) is 0 Å². The molecular weight excluding hydrogens is 402 g/mol. The lowest BCUT2D eigenvalue weighted by Crippen LogP contribution is -2.56. The van der Waals surface area contributed by atoms with Crippen molar-refractivity contribution in [3.05, 3.63) is 71.8 Å². The number of urea groups is 1. The number of benzene rings is 2. The Balaban J connectivity index is 1.42. The number of piperidine rings is 1. The van der Waals surface area contributed by atoms with E-state index in [4.69, 9.17) is 4.74 Å². The Hall–Kier alpha value is -3.12. The summed E-state index contributed by atoms with van der Waals surface area (Å²) < 4.78 is 5.33. The minimum Gasteiger partial charge on any atom is -0.497 e. The number of hydrogen-bond donors (Lipinski definition) is 0. The van der Waals surface area contributed by atoms with Crippen molar-refractivity contribution in [2.24, 2.45) is 0 Å². The zero-order valence-electron chi connectivity index (χ0n) is 18.9. The lowest BCUT2D eigenvalue weighted by Gasteiger charge is -2.42. The average Bonchev–Trinajstić information content (AvgIpc) is 3.02. The molecule has 2 saturated heterocycles. The van der Waals surface area contributed by atoms with Crippen molar-refractivity contribution in [2.45, 2.75) is 31.8 Å². The van der Waals surface area contributed by atoms with E-state index in [1.165, 1.54) is 10.5 Å². The largest absolute Gasteiger partial charge is 0.497 e. The van der Waals surface area contributed by atoms with E-state index < -0.39 is 5.54 Å². The summed E-state index contributed by atoms with van der Waals surface area (Å²) >= 11 is 0. The van der Waals surface area contributed by atoms with Gasteiger partial charge in [0.1, 0.15) is 11.3 Å². The predicted molar refractivity (Wildman–Crippen MR) is 125 cm³/mol. The fourth-order valence-electron chi connectivity index (χ4n) is 4.83. The number of likely N-dealkylation sites (tertiary alicyclic amines) is 1. The molecule has 6 heteroatoms. The summed E-state index contributed by atoms with van der Waals surface area (Å²) in [6.07, 6.45) is 5.18. The minimum absolute atomic E-state index is 0.0527. The third-order valence-corrected chi connectivity index (χ3v) is 6.56. The van der Waals surface area contributed by atoms with E-state index in [9.17, 15) is 9.59 Å². The third kappa shape index (κ3) is 4.28. The second-order valence-corrected chi connectivity index (χ2v) is 8.41. The van der Waals surface area contributed by atoms with E-state index in [1.807, 2.05) is 67.6 Å². The second-order valence-electron chi connectivity index (χ2n) is 8.41. The van der Waals surface area contributed by atoms with Gasteiger partial charge in [-0.05, 0) is 43.0 Å². The first-order chi connectivity index (χ1) is 15.6. The second kappa shape index (κ2) is 9.57. The number of hydrogen-bond acceptors (Lipinski definition) is 4. The van der Waals surface area contributed by atoms with Crippen molar-refractivity contribution >= 4 is 18.0 Å². The lowest BCUT2D eigenvalue weighted by molar-refractivity contribution is -0.135. The molecule has 0 bridgehead atoms. The van der Waals surface area contributed by atoms with Gasteiger partial charge in [-0.1, -0.05) is 54.6 Å². The molecule has 32 heavy (non-hydrogen) atoms. The van der Waals surface area contributed by atoms with Gasteiger partial charge in [-0.3, -0.25) is 14.6 Å². The summed E-state index contributed by atoms with van der Waals surface area (Å²) in [5.41, 5.74) is 1.53. The highest BCUT2D eigenvalue weighted by Gasteiger charge is 2.56. The van der Waals surface area contributed by atoms with Gasteiger partial charge >= 0.3 is 6.03 Å². The maximum atomic E-state index is 13.4. The Labute approximate surface area is 190 Å². The molecule has 0 radical (unpaired) electrons. The number of carbonyl (C=O) groups excluding carboxylic acids is 2. The van der Waals surface area contributed by atoms with E-state index >= 15 is 0 Å². The van der Waals surface area contributed by atoms with Gasteiger partial charge in [-0.25, -0.2) is 4.79 Å². The summed E-state index contributed by atoms with van der Waals surface area (Å²) in [5, 5.41) is 0. The van der Waals surface area contributed by atoms with Crippen LogP contribution in [0.3, 0.4) is 0 Å². The molecule has 2 fully saturated rings. The van der Waals surface area contributed by atoms with Gasteiger partial charge < -0.3 is 9.64 Å². The van der Waals surface area contributed by atoms with Crippen molar-refractivity contribution in [1.82, 2.24) is 14.7 Å². The van der Waals surface area contributed by atoms with Crippen molar-refractivity contribution < 1.29 is 14.3 Å². The van der Waals surface area contributed by atoms with Gasteiger partial charge in [0, 0.05) is 32.7 Å². The number of carbonyl (C=O) groups is 2. The van der Waals surface area contributed by atoms with E-state index in [-0.39, 0.29) is 11.9 Å². The van der Waals surface area contributed by atoms with E-state index in [2.05, 4.69) is 11.0 Å². The van der Waals surface area contributed by atoms with Crippen LogP contribution in [0.1, 0.15) is 30.9 Å². The number of rotatable bonds is 7. The average molecular weight is 434 g/mol. The SMILES string of the molecule is CCN1C(=O)N(CC=Cc2ccccc2)C(=O)C12CCN(Cc1cccc(OC)c1)CC2. The first-order valence-corrected chi connectivity index (χ1v) is 11.3. The van der Waals surface area contributed by atoms with Gasteiger partial charge in [0.2, 0.25) is 0 Å². The van der Waals surface area contributed by atoms with Crippen LogP contribution in [0.25, 0.3) is 6.08 Å². The summed E-state index contributed by atoms with van der Waals surface area (Å²) in [4.78, 5) is 32.1. The zero-order valence-corrected chi connectivity index (χ0v) is 18.9. The van der Waals surface area contributed by atoms with Crippen molar-refractivity contribution in [3.8, 4) is 5.75 Å². The molecule has 2 aromatic rings. The zero-order chi connectivity index (χ0) is 22.6. The Kier molecular flexibility index (Phi) is 6.61. The fraction of sp³-hybridized carbons (Fsp3) is 0.385. The number of nitrogens with zero attached hydrogens (tertiary/aromatic N) is 3. The van der Waals surface area contributed by atoms with Crippen LogP contribution in [0.4, 0.5) is 4.79 Å². The number of methoxy groups -OCH3 is 1. The van der Waals surface area contributed by atoms with Gasteiger partial charge in [0.15, 0.2) is 0 Å². The maximum absolute atomic E-state index is 13.4. The highest BCUT2D eigenvalue weighted by molar-refractivity contribution is 6.07. The molecule has 168 valence electrons. The van der Waals surface area contributed by atoms with Crippen LogP contribution in [0, 0.1) is 0 Å². The summed E-state index contributed by atoms with van der Waals surface area (Å²) in [5.74, 6) is 0.798. The Morgan fingerprint density at radius 1 is 1.03 bits per heavy atom. The van der Waals surface area contributed by atoms with Gasteiger partial charge in [-0.2, -0.15) is 0 Å². The van der Waals surface area contributed by atoms with Crippen LogP contribution in [0.2, 0.25) is 0 Å². The molecule has 0 saturated carbocycles. The molecule has 1 spiro atoms. The molecule has 6 nitrogen and oxygen atoms in total. The molecule has 0 N–H and O–H groups in total. The summed E-state index contributed by atoms with van der Waals surface area (Å²) in [6.45, 7) is 5.17. The van der Waals surface area contributed by atoms with E-state index in [0.29, 0.717) is 25.9 Å². The number of likely N-dealkylation sites (N-methyl/N-ethyl adjacent to an activating group) is 1. The maximum Gasteiger partial charge on any atom is 0.327 e. The van der Waals surface area contributed by atoms with Crippen LogP contribution < -0.4 is 4.74 Å². The van der Waals surface area contributed by atoms with Crippen molar-refractivity contribution in [2.75, 3.05) is 33.3 Å². The smallest absolute Gasteiger partial charge is 0.327 e. The number of ether oxygens (including phenoxy) is 1. The molecule has 2 aromatic carbocycles. The normalized spacial score (nSPS) is 18.8. The van der Waals surface area contributed by atoms with Crippen LogP contribution in [-0.2, 0) is 11.3 Å². The molecule has 2 aliphatic heterocycles. The first kappa shape index (κ1) is 22.1. The summed E-state index contributed by atoms with van der Waals surface area (Å²) in [6, 6.07) is 17.8. The highest BCUT2D eigenvalue weighted by atomic mass is 16.5. The fourth-order valence-corrected chi connectivity index (χ4v) is 4.83. The van der Waals surface area contributed by atoms with E-state index in [1.54, 1.807) is 12.0 Å². The topological polar surface area (TPSA) is 53.1 Å². The molecule has 0 aromatic heterocycles. The summed E-state index contributed by atoms with van der Waals surface area (Å²) in [7, 11) is 1.67. The molecule has 4 rings (SSSR count). The standard InChI is InChI=1S/C26H31N3O3/c1-3-29-25(31)28(16-8-12-21-9-5-4-6-10-21)24(30)26(29)14-17-27(18-15-26)20-22-11-7-13-23(19-22)32-2/h4-13,19H,3,14-18,20H2,1-2H3. The number of amides is 3. The molecule has 2 heterocycles. The lowest BCUT2D eigenvalue weighted by atomic mass is 9.85. The van der Waals surface area contributed by atoms with Gasteiger partial charge in [0.05, 0.1) is 7.11 Å². The minimum atomic E-state index is -0.711. The Morgan fingerprint density at radius 2 is 1.78 bits per heavy atom. The monoisotopic (exact) mass is 433 g/mol. The molecular formula is C26H31N3O3. The molecule has 2 aliphatic rings. The third-order valence-electron chi connectivity index (χ3n) is 6.56. The highest BCUT2D eigenvalue weighted by Crippen LogP contribution is 2.37. The Bertz CT molecular complexity index is 981. The van der Waals surface area contributed by atoms with Crippen LogP contribution >= 0.6 is 0 Å². The molecule has 0 atom stereocenters. The van der Waals surface area contributed by atoms with Crippen molar-refractivity contribution in [3.63, 3.8) is 0 Å². The Morgan fingerprint density at radius 3 is 2.47 bits per heavy atom. The van der Waals surface area contributed by atoms with Gasteiger partial charge in [0.25, 0.3) is 5.91 Å².